The van der Waals surface area contributed by atoms with Crippen LogP contribution in [0.1, 0.15) is 31.1 Å². The minimum Gasteiger partial charge on any atom is -0.459 e. The highest BCUT2D eigenvalue weighted by Gasteiger charge is 2.49. The second kappa shape index (κ2) is 16.0. The Labute approximate surface area is 309 Å². The molecule has 258 valence electrons. The third-order valence-electron chi connectivity index (χ3n) is 8.80. The van der Waals surface area contributed by atoms with E-state index in [2.05, 4.69) is 15.9 Å². The molecule has 0 amide bonds. The average molecular weight is 754 g/mol. The van der Waals surface area contributed by atoms with Crippen molar-refractivity contribution in [3.05, 3.63) is 180 Å². The number of carbonyl (C=O) groups excluding carboxylic acids is 3. The van der Waals surface area contributed by atoms with Crippen LogP contribution in [-0.4, -0.2) is 47.8 Å². The molecule has 4 unspecified atom stereocenters. The number of esters is 3. The first-order chi connectivity index (χ1) is 25.4. The highest BCUT2D eigenvalue weighted by molar-refractivity contribution is 9.09. The maximum atomic E-state index is 13.5. The number of ether oxygens (including phenoxy) is 4. The van der Waals surface area contributed by atoms with Gasteiger partial charge >= 0.3 is 17.9 Å². The predicted octanol–water partition coefficient (Wildman–Crippen LogP) is 9.42. The number of rotatable bonds is 10. The Balaban J connectivity index is 1.07. The van der Waals surface area contributed by atoms with E-state index in [-0.39, 0.29) is 6.61 Å². The molecular weight excluding hydrogens is 720 g/mol. The smallest absolute Gasteiger partial charge is 0.338 e. The molecule has 1 aliphatic rings. The van der Waals surface area contributed by atoms with Gasteiger partial charge in [-0.2, -0.15) is 0 Å². The highest BCUT2D eigenvalue weighted by atomic mass is 79.9. The summed E-state index contributed by atoms with van der Waals surface area (Å²) in [5.41, 5.74) is 6.86. The molecule has 0 aromatic heterocycles. The lowest BCUT2D eigenvalue weighted by molar-refractivity contribution is -0.0435. The van der Waals surface area contributed by atoms with E-state index in [1.165, 1.54) is 0 Å². The van der Waals surface area contributed by atoms with Crippen LogP contribution in [0, 0.1) is 0 Å². The zero-order valence-corrected chi connectivity index (χ0v) is 29.4. The molecule has 1 saturated heterocycles. The fraction of sp³-hybridized carbons (Fsp3) is 0.114. The van der Waals surface area contributed by atoms with Gasteiger partial charge in [-0.1, -0.05) is 143 Å². The van der Waals surface area contributed by atoms with Crippen LogP contribution in [0.5, 0.6) is 0 Å². The van der Waals surface area contributed by atoms with Crippen molar-refractivity contribution in [1.82, 2.24) is 0 Å². The summed E-state index contributed by atoms with van der Waals surface area (Å²) in [4.78, 5) is 40.1. The third-order valence-corrected chi connectivity index (χ3v) is 9.54. The molecule has 0 N–H and O–H groups in total. The van der Waals surface area contributed by atoms with Gasteiger partial charge in [-0.15, -0.1) is 0 Å². The Morgan fingerprint density at radius 3 is 1.15 bits per heavy atom. The predicted molar refractivity (Wildman–Crippen MR) is 202 cm³/mol. The first-order valence-electron chi connectivity index (χ1n) is 16.8. The first-order valence-corrected chi connectivity index (χ1v) is 17.7. The zero-order valence-electron chi connectivity index (χ0n) is 27.8. The molecule has 1 fully saturated rings. The lowest BCUT2D eigenvalue weighted by Crippen LogP contribution is -2.41. The molecule has 7 nitrogen and oxygen atoms in total. The van der Waals surface area contributed by atoms with Crippen molar-refractivity contribution in [1.29, 1.82) is 0 Å². The number of carbonyl (C=O) groups is 3. The minimum absolute atomic E-state index is 0.258. The van der Waals surface area contributed by atoms with Crippen molar-refractivity contribution in [2.24, 2.45) is 0 Å². The van der Waals surface area contributed by atoms with Gasteiger partial charge in [0.05, 0.1) is 16.7 Å². The molecule has 6 aromatic carbocycles. The van der Waals surface area contributed by atoms with Crippen molar-refractivity contribution in [3.8, 4) is 33.4 Å². The van der Waals surface area contributed by atoms with Gasteiger partial charge in [0.1, 0.15) is 12.7 Å². The second-order valence-electron chi connectivity index (χ2n) is 12.2. The van der Waals surface area contributed by atoms with Gasteiger partial charge in [-0.3, -0.25) is 0 Å². The fourth-order valence-electron chi connectivity index (χ4n) is 5.99. The van der Waals surface area contributed by atoms with E-state index in [0.717, 1.165) is 33.4 Å². The molecule has 1 heterocycles. The Morgan fingerprint density at radius 1 is 0.442 bits per heavy atom. The van der Waals surface area contributed by atoms with E-state index >= 15 is 0 Å². The Bertz CT molecular complexity index is 2120. The molecule has 0 aliphatic carbocycles. The lowest BCUT2D eigenvalue weighted by atomic mass is 10.0. The molecule has 0 saturated carbocycles. The molecule has 0 radical (unpaired) electrons. The molecule has 7 rings (SSSR count). The summed E-state index contributed by atoms with van der Waals surface area (Å²) >= 11 is 3.46. The molecule has 8 heteroatoms. The Kier molecular flexibility index (Phi) is 10.7. The van der Waals surface area contributed by atoms with Crippen molar-refractivity contribution in [3.63, 3.8) is 0 Å². The number of hydrogen-bond acceptors (Lipinski definition) is 7. The van der Waals surface area contributed by atoms with Crippen molar-refractivity contribution >= 4 is 33.8 Å². The van der Waals surface area contributed by atoms with Gasteiger partial charge in [0.15, 0.2) is 17.2 Å². The van der Waals surface area contributed by atoms with Crippen molar-refractivity contribution < 1.29 is 33.3 Å². The molecule has 4 atom stereocenters. The summed E-state index contributed by atoms with van der Waals surface area (Å²) in [6.45, 7) is -0.258. The van der Waals surface area contributed by atoms with E-state index in [9.17, 15) is 14.4 Å². The highest BCUT2D eigenvalue weighted by Crippen LogP contribution is 2.33. The summed E-state index contributed by atoms with van der Waals surface area (Å²) in [6, 6.07) is 50.6. The molecule has 52 heavy (non-hydrogen) atoms. The van der Waals surface area contributed by atoms with Gasteiger partial charge in [-0.25, -0.2) is 14.4 Å². The molecule has 0 bridgehead atoms. The standard InChI is InChI=1S/C44H33BrO7/c45-41-40(52-44(48)37-26-20-34(21-27-37)31-14-8-3-9-15-31)39(51-43(47)36-24-18-33(19-25-36)30-12-6-2-7-13-30)38(50-41)28-49-42(46)35-22-16-32(17-23-35)29-10-4-1-5-11-29/h1-27,38-41H,28H2. The van der Waals surface area contributed by atoms with Gasteiger partial charge in [0, 0.05) is 0 Å². The van der Waals surface area contributed by atoms with Gasteiger partial charge < -0.3 is 18.9 Å². The van der Waals surface area contributed by atoms with Crippen molar-refractivity contribution in [2.75, 3.05) is 6.61 Å². The summed E-state index contributed by atoms with van der Waals surface area (Å²) in [6.07, 6.45) is -3.10. The molecule has 1 aliphatic heterocycles. The SMILES string of the molecule is O=C(OCC1OC(Br)C(OC(=O)c2ccc(-c3ccccc3)cc2)C1OC(=O)c1ccc(-c2ccccc2)cc1)c1ccc(-c2ccccc2)cc1. The monoisotopic (exact) mass is 752 g/mol. The first kappa shape index (κ1) is 34.6. The van der Waals surface area contributed by atoms with E-state index < -0.39 is 41.2 Å². The molecule has 6 aromatic rings. The van der Waals surface area contributed by atoms with Crippen molar-refractivity contribution in [2.45, 2.75) is 23.3 Å². The Hall–Kier alpha value is -5.83. The number of hydrogen-bond donors (Lipinski definition) is 0. The topological polar surface area (TPSA) is 88.1 Å². The van der Waals surface area contributed by atoms with E-state index in [4.69, 9.17) is 18.9 Å². The average Bonchev–Trinajstić information content (AvgIpc) is 3.50. The maximum Gasteiger partial charge on any atom is 0.338 e. The van der Waals surface area contributed by atoms with Crippen LogP contribution in [0.15, 0.2) is 164 Å². The maximum absolute atomic E-state index is 13.5. The summed E-state index contributed by atoms with van der Waals surface area (Å²) in [7, 11) is 0. The van der Waals surface area contributed by atoms with Crippen LogP contribution < -0.4 is 0 Å². The van der Waals surface area contributed by atoms with Gasteiger partial charge in [-0.05, 0) is 69.8 Å². The number of alkyl halides is 1. The fourth-order valence-corrected chi connectivity index (χ4v) is 6.68. The molecular formula is C44H33BrO7. The van der Waals surface area contributed by atoms with Crippen LogP contribution >= 0.6 is 15.9 Å². The van der Waals surface area contributed by atoms with Crippen LogP contribution in [0.3, 0.4) is 0 Å². The van der Waals surface area contributed by atoms with Crippen LogP contribution in [0.2, 0.25) is 0 Å². The normalized spacial score (nSPS) is 17.9. The Morgan fingerprint density at radius 2 is 0.769 bits per heavy atom. The third kappa shape index (κ3) is 8.04. The van der Waals surface area contributed by atoms with E-state index in [1.807, 2.05) is 127 Å². The minimum atomic E-state index is -1.11. The number of benzene rings is 6. The van der Waals surface area contributed by atoms with Crippen LogP contribution in [0.25, 0.3) is 33.4 Å². The van der Waals surface area contributed by atoms with E-state index in [1.54, 1.807) is 36.4 Å². The quantitative estimate of drug-likeness (QED) is 0.0783. The van der Waals surface area contributed by atoms with Gasteiger partial charge in [0.25, 0.3) is 0 Å². The zero-order chi connectivity index (χ0) is 35.9. The largest absolute Gasteiger partial charge is 0.459 e. The number of halogens is 1. The molecule has 0 spiro atoms. The van der Waals surface area contributed by atoms with Crippen LogP contribution in [0.4, 0.5) is 0 Å². The summed E-state index contributed by atoms with van der Waals surface area (Å²) < 4.78 is 23.6. The lowest BCUT2D eigenvalue weighted by Gasteiger charge is -2.23. The van der Waals surface area contributed by atoms with Crippen LogP contribution in [-0.2, 0) is 18.9 Å². The van der Waals surface area contributed by atoms with Gasteiger partial charge in [0.2, 0.25) is 0 Å². The summed E-state index contributed by atoms with van der Waals surface area (Å²) in [5, 5.41) is -0.854. The van der Waals surface area contributed by atoms with E-state index in [0.29, 0.717) is 16.7 Å². The summed E-state index contributed by atoms with van der Waals surface area (Å²) in [5.74, 6) is -1.84. The second-order valence-corrected chi connectivity index (χ2v) is 13.1.